The van der Waals surface area contributed by atoms with Gasteiger partial charge in [-0.3, -0.25) is 4.79 Å². The van der Waals surface area contributed by atoms with Crippen LogP contribution in [0.4, 0.5) is 0 Å². The number of rotatable bonds is 2. The molecule has 0 unspecified atom stereocenters. The number of carbonyl (C=O) groups excluding carboxylic acids is 1. The highest BCUT2D eigenvalue weighted by atomic mass is 32.1. The second-order valence-electron chi connectivity index (χ2n) is 4.83. The van der Waals surface area contributed by atoms with Crippen molar-refractivity contribution in [1.82, 2.24) is 9.88 Å². The second-order valence-corrected chi connectivity index (χ2v) is 5.90. The number of hydrogen-bond acceptors (Lipinski definition) is 4. The van der Waals surface area contributed by atoms with Crippen LogP contribution in [0.25, 0.3) is 10.2 Å². The number of carbonyl (C=O) groups is 1. The summed E-state index contributed by atoms with van der Waals surface area (Å²) in [5.41, 5.74) is 1.07. The van der Waals surface area contributed by atoms with E-state index in [1.807, 2.05) is 18.2 Å². The molecule has 1 fully saturated rings. The Bertz CT molecular complexity index is 555. The average molecular weight is 276 g/mol. The van der Waals surface area contributed by atoms with E-state index in [1.165, 1.54) is 9.71 Å². The molecule has 0 bridgehead atoms. The van der Waals surface area contributed by atoms with Crippen molar-refractivity contribution in [3.05, 3.63) is 29.3 Å². The molecule has 1 N–H and O–H groups in total. The third-order valence-corrected chi connectivity index (χ3v) is 4.84. The SMILES string of the molecule is O=C(CO)N1CCC(c2nc3ccccc3s2)CC1. The maximum absolute atomic E-state index is 11.4. The summed E-state index contributed by atoms with van der Waals surface area (Å²) in [6.07, 6.45) is 1.87. The quantitative estimate of drug-likeness (QED) is 0.912. The summed E-state index contributed by atoms with van der Waals surface area (Å²) in [6.45, 7) is 1.06. The number of benzene rings is 1. The van der Waals surface area contributed by atoms with Gasteiger partial charge in [0.25, 0.3) is 0 Å². The van der Waals surface area contributed by atoms with Crippen LogP contribution in [0.1, 0.15) is 23.8 Å². The number of aromatic nitrogens is 1. The summed E-state index contributed by atoms with van der Waals surface area (Å²) < 4.78 is 1.23. The van der Waals surface area contributed by atoms with Crippen molar-refractivity contribution < 1.29 is 9.90 Å². The predicted molar refractivity (Wildman–Crippen MR) is 75.3 cm³/mol. The van der Waals surface area contributed by atoms with Crippen LogP contribution in [-0.4, -0.2) is 40.6 Å². The molecule has 1 aliphatic heterocycles. The molecule has 0 aliphatic carbocycles. The molecule has 1 aromatic heterocycles. The van der Waals surface area contributed by atoms with Crippen LogP contribution >= 0.6 is 11.3 Å². The summed E-state index contributed by atoms with van der Waals surface area (Å²) in [6, 6.07) is 8.18. The van der Waals surface area contributed by atoms with Gasteiger partial charge in [0.15, 0.2) is 0 Å². The zero-order valence-corrected chi connectivity index (χ0v) is 11.4. The van der Waals surface area contributed by atoms with Gasteiger partial charge in [-0.2, -0.15) is 0 Å². The average Bonchev–Trinajstić information content (AvgIpc) is 2.90. The van der Waals surface area contributed by atoms with Crippen LogP contribution in [0.3, 0.4) is 0 Å². The van der Waals surface area contributed by atoms with Gasteiger partial charge < -0.3 is 10.0 Å². The standard InChI is InChI=1S/C14H16N2O2S/c17-9-13(18)16-7-5-10(6-8-16)14-15-11-3-1-2-4-12(11)19-14/h1-4,10,17H,5-9H2. The molecule has 0 spiro atoms. The molecule has 4 nitrogen and oxygen atoms in total. The van der Waals surface area contributed by atoms with Gasteiger partial charge in [-0.15, -0.1) is 11.3 Å². The van der Waals surface area contributed by atoms with Gasteiger partial charge in [-0.05, 0) is 25.0 Å². The van der Waals surface area contributed by atoms with Crippen LogP contribution in [0.5, 0.6) is 0 Å². The van der Waals surface area contributed by atoms with Gasteiger partial charge in [0.1, 0.15) is 6.61 Å². The Balaban J connectivity index is 1.72. The van der Waals surface area contributed by atoms with Gasteiger partial charge in [0, 0.05) is 19.0 Å². The Morgan fingerprint density at radius 1 is 1.37 bits per heavy atom. The number of amides is 1. The smallest absolute Gasteiger partial charge is 0.248 e. The lowest BCUT2D eigenvalue weighted by Crippen LogP contribution is -2.39. The monoisotopic (exact) mass is 276 g/mol. The Hall–Kier alpha value is -1.46. The Morgan fingerprint density at radius 3 is 2.79 bits per heavy atom. The minimum Gasteiger partial charge on any atom is -0.387 e. The molecule has 1 aliphatic rings. The van der Waals surface area contributed by atoms with Crippen LogP contribution in [0.15, 0.2) is 24.3 Å². The van der Waals surface area contributed by atoms with E-state index in [2.05, 4.69) is 6.07 Å². The number of aliphatic hydroxyl groups excluding tert-OH is 1. The first-order chi connectivity index (χ1) is 9.28. The molecule has 2 heterocycles. The van der Waals surface area contributed by atoms with E-state index in [4.69, 9.17) is 10.1 Å². The van der Waals surface area contributed by atoms with E-state index in [0.717, 1.165) is 31.4 Å². The Labute approximate surface area is 115 Å². The number of aliphatic hydroxyl groups is 1. The Morgan fingerprint density at radius 2 is 2.11 bits per heavy atom. The van der Waals surface area contributed by atoms with Gasteiger partial charge in [0.05, 0.1) is 15.2 Å². The molecule has 1 saturated heterocycles. The van der Waals surface area contributed by atoms with Crippen LogP contribution in [-0.2, 0) is 4.79 Å². The minimum absolute atomic E-state index is 0.164. The number of hydrogen-bond donors (Lipinski definition) is 1. The maximum atomic E-state index is 11.4. The third kappa shape index (κ3) is 2.48. The fraction of sp³-hybridized carbons (Fsp3) is 0.429. The zero-order chi connectivity index (χ0) is 13.2. The first-order valence-electron chi connectivity index (χ1n) is 6.52. The Kier molecular flexibility index (Phi) is 3.48. The molecule has 5 heteroatoms. The highest BCUT2D eigenvalue weighted by Crippen LogP contribution is 2.33. The van der Waals surface area contributed by atoms with E-state index in [1.54, 1.807) is 16.2 Å². The highest BCUT2D eigenvalue weighted by Gasteiger charge is 2.25. The van der Waals surface area contributed by atoms with Gasteiger partial charge in [-0.25, -0.2) is 4.98 Å². The molecule has 3 rings (SSSR count). The van der Waals surface area contributed by atoms with Crippen LogP contribution < -0.4 is 0 Å². The number of nitrogens with zero attached hydrogens (tertiary/aromatic N) is 2. The topological polar surface area (TPSA) is 53.4 Å². The number of thiazole rings is 1. The van der Waals surface area contributed by atoms with Crippen LogP contribution in [0, 0.1) is 0 Å². The zero-order valence-electron chi connectivity index (χ0n) is 10.6. The van der Waals surface area contributed by atoms with E-state index >= 15 is 0 Å². The van der Waals surface area contributed by atoms with E-state index < -0.39 is 0 Å². The minimum atomic E-state index is -0.383. The molecule has 1 aromatic carbocycles. The lowest BCUT2D eigenvalue weighted by Gasteiger charge is -2.30. The first-order valence-corrected chi connectivity index (χ1v) is 7.33. The van der Waals surface area contributed by atoms with Crippen molar-refractivity contribution in [2.75, 3.05) is 19.7 Å². The number of piperidine rings is 1. The normalized spacial score (nSPS) is 17.0. The molecular formula is C14H16N2O2S. The van der Waals surface area contributed by atoms with E-state index in [9.17, 15) is 4.79 Å². The fourth-order valence-electron chi connectivity index (χ4n) is 2.54. The molecular weight excluding hydrogens is 260 g/mol. The summed E-state index contributed by atoms with van der Waals surface area (Å²) in [5.74, 6) is 0.280. The van der Waals surface area contributed by atoms with E-state index in [0.29, 0.717) is 5.92 Å². The van der Waals surface area contributed by atoms with Gasteiger partial charge >= 0.3 is 0 Å². The summed E-state index contributed by atoms with van der Waals surface area (Å²) >= 11 is 1.76. The summed E-state index contributed by atoms with van der Waals surface area (Å²) in [4.78, 5) is 17.8. The summed E-state index contributed by atoms with van der Waals surface area (Å²) in [5, 5.41) is 10.0. The van der Waals surface area contributed by atoms with Crippen molar-refractivity contribution in [3.8, 4) is 0 Å². The third-order valence-electron chi connectivity index (χ3n) is 3.64. The molecule has 0 saturated carbocycles. The van der Waals surface area contributed by atoms with Crippen LogP contribution in [0.2, 0.25) is 0 Å². The molecule has 19 heavy (non-hydrogen) atoms. The lowest BCUT2D eigenvalue weighted by molar-refractivity contribution is -0.135. The molecule has 0 atom stereocenters. The largest absolute Gasteiger partial charge is 0.387 e. The maximum Gasteiger partial charge on any atom is 0.248 e. The fourth-order valence-corrected chi connectivity index (χ4v) is 3.68. The highest BCUT2D eigenvalue weighted by molar-refractivity contribution is 7.18. The van der Waals surface area contributed by atoms with Crippen molar-refractivity contribution >= 4 is 27.5 Å². The van der Waals surface area contributed by atoms with Crippen molar-refractivity contribution in [1.29, 1.82) is 0 Å². The van der Waals surface area contributed by atoms with Crippen molar-refractivity contribution in [2.45, 2.75) is 18.8 Å². The molecule has 1 amide bonds. The molecule has 100 valence electrons. The van der Waals surface area contributed by atoms with E-state index in [-0.39, 0.29) is 12.5 Å². The lowest BCUT2D eigenvalue weighted by atomic mass is 9.97. The van der Waals surface area contributed by atoms with Crippen molar-refractivity contribution in [3.63, 3.8) is 0 Å². The first kappa shape index (κ1) is 12.6. The van der Waals surface area contributed by atoms with Crippen molar-refractivity contribution in [2.24, 2.45) is 0 Å². The summed E-state index contributed by atoms with van der Waals surface area (Å²) in [7, 11) is 0. The number of para-hydroxylation sites is 1. The second kappa shape index (κ2) is 5.27. The predicted octanol–water partition coefficient (Wildman–Crippen LogP) is 1.99. The molecule has 2 aromatic rings. The number of fused-ring (bicyclic) bond motifs is 1. The number of likely N-dealkylation sites (tertiary alicyclic amines) is 1. The molecule has 0 radical (unpaired) electrons. The van der Waals surface area contributed by atoms with Gasteiger partial charge in [0.2, 0.25) is 5.91 Å². The van der Waals surface area contributed by atoms with Gasteiger partial charge in [-0.1, -0.05) is 12.1 Å².